The van der Waals surface area contributed by atoms with E-state index in [2.05, 4.69) is 103 Å². The van der Waals surface area contributed by atoms with Crippen molar-refractivity contribution in [2.24, 2.45) is 0 Å². The highest BCUT2D eigenvalue weighted by atomic mass is 31.1. The predicted octanol–water partition coefficient (Wildman–Crippen LogP) is 7.57. The number of allylic oxidation sites excluding steroid dienone is 3. The first-order chi connectivity index (χ1) is 12.2. The van der Waals surface area contributed by atoms with E-state index in [1.807, 2.05) is 0 Å². The fourth-order valence-corrected chi connectivity index (χ4v) is 5.89. The Kier molecular flexibility index (Phi) is 7.30. The summed E-state index contributed by atoms with van der Waals surface area (Å²) in [5.74, 6) is 3.50. The average Bonchev–Trinajstić information content (AvgIpc) is 2.58. The molecule has 0 fully saturated rings. The maximum Gasteiger partial charge on any atom is 0.0463 e. The Bertz CT molecular complexity index is 671. The lowest BCUT2D eigenvalue weighted by molar-refractivity contribution is 0.823. The molecule has 1 aliphatic rings. The number of rotatable bonds is 6. The van der Waals surface area contributed by atoms with Gasteiger partial charge in [0.2, 0.25) is 0 Å². The van der Waals surface area contributed by atoms with Crippen LogP contribution in [0.25, 0.3) is 5.70 Å². The van der Waals surface area contributed by atoms with E-state index in [0.29, 0.717) is 23.2 Å². The van der Waals surface area contributed by atoms with Crippen LogP contribution < -0.4 is 5.32 Å². The van der Waals surface area contributed by atoms with Crippen LogP contribution in [0.5, 0.6) is 0 Å². The minimum Gasteiger partial charge on any atom is -0.355 e. The maximum atomic E-state index is 3.75. The number of benzene rings is 1. The topological polar surface area (TPSA) is 12.0 Å². The molecule has 2 heteroatoms. The fourth-order valence-electron chi connectivity index (χ4n) is 3.63. The molecule has 0 atom stereocenters. The Labute approximate surface area is 162 Å². The molecule has 1 nitrogen and oxygen atoms in total. The Morgan fingerprint density at radius 1 is 0.846 bits per heavy atom. The third-order valence-electron chi connectivity index (χ3n) is 4.94. The van der Waals surface area contributed by atoms with Crippen LogP contribution in [-0.2, 0) is 0 Å². The molecule has 1 aromatic rings. The first-order valence-corrected chi connectivity index (χ1v) is 11.5. The van der Waals surface area contributed by atoms with Crippen molar-refractivity contribution in [3.8, 4) is 0 Å². The predicted molar refractivity (Wildman–Crippen MR) is 120 cm³/mol. The molecule has 1 aliphatic heterocycles. The van der Waals surface area contributed by atoms with E-state index in [4.69, 9.17) is 0 Å². The molecular weight excluding hydrogens is 333 g/mol. The molecule has 0 saturated carbocycles. The smallest absolute Gasteiger partial charge is 0.0463 e. The highest BCUT2D eigenvalue weighted by molar-refractivity contribution is 7.62. The molecule has 1 aromatic carbocycles. The molecule has 2 rings (SSSR count). The molecule has 0 saturated heterocycles. The second kappa shape index (κ2) is 9.05. The molecule has 26 heavy (non-hydrogen) atoms. The molecule has 0 bridgehead atoms. The Morgan fingerprint density at radius 2 is 1.38 bits per heavy atom. The van der Waals surface area contributed by atoms with Crippen LogP contribution in [0.3, 0.4) is 0 Å². The normalized spacial score (nSPS) is 16.3. The molecule has 142 valence electrons. The van der Waals surface area contributed by atoms with Crippen LogP contribution in [0.15, 0.2) is 47.9 Å². The Morgan fingerprint density at radius 3 is 1.85 bits per heavy atom. The zero-order valence-corrected chi connectivity index (χ0v) is 18.7. The van der Waals surface area contributed by atoms with Crippen molar-refractivity contribution in [2.45, 2.75) is 78.5 Å². The fraction of sp³-hybridized carbons (Fsp3) is 0.500. The SMILES string of the molecule is CC(C)c1cccc(C(C)C)c1C1=CC=CC(=CP(C(C)C)C(C)C)N1. The van der Waals surface area contributed by atoms with Gasteiger partial charge in [0.25, 0.3) is 0 Å². The van der Waals surface area contributed by atoms with Gasteiger partial charge in [-0.05, 0) is 52.2 Å². The molecule has 0 aromatic heterocycles. The number of hydrogen-bond acceptors (Lipinski definition) is 1. The van der Waals surface area contributed by atoms with E-state index in [0.717, 1.165) is 0 Å². The number of dihydropyridines is 1. The van der Waals surface area contributed by atoms with Crippen molar-refractivity contribution in [1.82, 2.24) is 5.32 Å². The van der Waals surface area contributed by atoms with Crippen LogP contribution in [0.2, 0.25) is 0 Å². The lowest BCUT2D eigenvalue weighted by atomic mass is 9.86. The third-order valence-corrected chi connectivity index (χ3v) is 7.90. The van der Waals surface area contributed by atoms with Gasteiger partial charge in [0.1, 0.15) is 0 Å². The van der Waals surface area contributed by atoms with Gasteiger partial charge in [0.05, 0.1) is 0 Å². The molecule has 0 aliphatic carbocycles. The zero-order chi connectivity index (χ0) is 19.4. The average molecular weight is 370 g/mol. The summed E-state index contributed by atoms with van der Waals surface area (Å²) in [5, 5.41) is 3.75. The minimum absolute atomic E-state index is 0.133. The van der Waals surface area contributed by atoms with Crippen LogP contribution >= 0.6 is 7.92 Å². The minimum atomic E-state index is -0.133. The molecule has 0 unspecified atom stereocenters. The summed E-state index contributed by atoms with van der Waals surface area (Å²) in [6.45, 7) is 18.5. The highest BCUT2D eigenvalue weighted by Crippen LogP contribution is 2.48. The Balaban J connectivity index is 2.45. The quantitative estimate of drug-likeness (QED) is 0.510. The van der Waals surface area contributed by atoms with Crippen molar-refractivity contribution < 1.29 is 0 Å². The summed E-state index contributed by atoms with van der Waals surface area (Å²) in [6.07, 6.45) is 6.65. The molecule has 0 radical (unpaired) electrons. The number of hydrogen-bond donors (Lipinski definition) is 1. The van der Waals surface area contributed by atoms with Gasteiger partial charge in [-0.15, -0.1) is 0 Å². The standard InChI is InChI=1S/C24H36NP/c1-16(2)21-12-10-13-22(17(3)4)24(21)23-14-9-11-20(25-23)15-26(18(5)6)19(7)8/h9-19,25H,1-8H3. The summed E-state index contributed by atoms with van der Waals surface area (Å²) in [4.78, 5) is 0. The van der Waals surface area contributed by atoms with E-state index in [1.54, 1.807) is 0 Å². The summed E-state index contributed by atoms with van der Waals surface area (Å²) in [5.41, 5.74) is 8.16. The van der Waals surface area contributed by atoms with E-state index in [1.165, 1.54) is 28.1 Å². The van der Waals surface area contributed by atoms with Crippen LogP contribution in [-0.4, -0.2) is 11.3 Å². The van der Waals surface area contributed by atoms with Gasteiger partial charge in [-0.25, -0.2) is 0 Å². The van der Waals surface area contributed by atoms with Crippen molar-refractivity contribution in [2.75, 3.05) is 0 Å². The summed E-state index contributed by atoms with van der Waals surface area (Å²) >= 11 is 0. The van der Waals surface area contributed by atoms with Crippen LogP contribution in [0.1, 0.15) is 83.9 Å². The molecule has 0 spiro atoms. The molecule has 1 N–H and O–H groups in total. The van der Waals surface area contributed by atoms with Gasteiger partial charge >= 0.3 is 0 Å². The number of nitrogens with one attached hydrogen (secondary N) is 1. The van der Waals surface area contributed by atoms with Gasteiger partial charge in [-0.2, -0.15) is 0 Å². The van der Waals surface area contributed by atoms with E-state index >= 15 is 0 Å². The largest absolute Gasteiger partial charge is 0.355 e. The first-order valence-electron chi connectivity index (χ1n) is 10.00. The summed E-state index contributed by atoms with van der Waals surface area (Å²) in [6, 6.07) is 6.78. The van der Waals surface area contributed by atoms with Crippen molar-refractivity contribution in [1.29, 1.82) is 0 Å². The highest BCUT2D eigenvalue weighted by Gasteiger charge is 2.20. The van der Waals surface area contributed by atoms with Crippen molar-refractivity contribution in [3.05, 3.63) is 64.6 Å². The summed E-state index contributed by atoms with van der Waals surface area (Å²) < 4.78 is 0. The summed E-state index contributed by atoms with van der Waals surface area (Å²) in [7, 11) is -0.133. The molecular formula is C24H36NP. The van der Waals surface area contributed by atoms with Gasteiger partial charge in [0.15, 0.2) is 0 Å². The van der Waals surface area contributed by atoms with Gasteiger partial charge in [-0.3, -0.25) is 0 Å². The van der Waals surface area contributed by atoms with E-state index < -0.39 is 0 Å². The third kappa shape index (κ3) is 4.89. The lowest BCUT2D eigenvalue weighted by Crippen LogP contribution is -2.17. The van der Waals surface area contributed by atoms with Crippen LogP contribution in [0, 0.1) is 0 Å². The first kappa shape index (κ1) is 21.0. The maximum absolute atomic E-state index is 3.75. The molecule has 1 heterocycles. The monoisotopic (exact) mass is 369 g/mol. The molecule has 0 amide bonds. The second-order valence-corrected chi connectivity index (χ2v) is 11.6. The Hall–Kier alpha value is -1.33. The van der Waals surface area contributed by atoms with Gasteiger partial charge in [-0.1, -0.05) is 87.6 Å². The van der Waals surface area contributed by atoms with Crippen molar-refractivity contribution >= 4 is 13.6 Å². The van der Waals surface area contributed by atoms with Gasteiger partial charge < -0.3 is 5.32 Å². The van der Waals surface area contributed by atoms with Gasteiger partial charge in [0, 0.05) is 17.0 Å². The van der Waals surface area contributed by atoms with E-state index in [-0.39, 0.29) is 7.92 Å². The van der Waals surface area contributed by atoms with E-state index in [9.17, 15) is 0 Å². The lowest BCUT2D eigenvalue weighted by Gasteiger charge is -2.27. The second-order valence-electron chi connectivity index (χ2n) is 8.40. The van der Waals surface area contributed by atoms with Crippen LogP contribution in [0.4, 0.5) is 0 Å². The van der Waals surface area contributed by atoms with Crippen molar-refractivity contribution in [3.63, 3.8) is 0 Å². The zero-order valence-electron chi connectivity index (χ0n) is 17.8.